The Morgan fingerprint density at radius 1 is 1.17 bits per heavy atom. The molecule has 0 aliphatic heterocycles. The van der Waals surface area contributed by atoms with Gasteiger partial charge in [0.25, 0.3) is 5.91 Å². The minimum absolute atomic E-state index is 0.0316. The predicted molar refractivity (Wildman–Crippen MR) is 104 cm³/mol. The summed E-state index contributed by atoms with van der Waals surface area (Å²) in [4.78, 5) is 12.8. The van der Waals surface area contributed by atoms with Crippen molar-refractivity contribution in [1.29, 1.82) is 0 Å². The second-order valence-electron chi connectivity index (χ2n) is 4.81. The van der Waals surface area contributed by atoms with Crippen LogP contribution in [0.4, 0.5) is 5.69 Å². The lowest BCUT2D eigenvalue weighted by Crippen LogP contribution is -2.33. The molecule has 0 saturated heterocycles. The molecule has 0 fully saturated rings. The van der Waals surface area contributed by atoms with Crippen LogP contribution >= 0.6 is 46.8 Å². The van der Waals surface area contributed by atoms with Crippen molar-refractivity contribution in [3.63, 3.8) is 0 Å². The third-order valence-electron chi connectivity index (χ3n) is 3.17. The Morgan fingerprint density at radius 2 is 1.92 bits per heavy atom. The van der Waals surface area contributed by atoms with Crippen LogP contribution in [-0.4, -0.2) is 16.1 Å². The molecule has 0 saturated carbocycles. The van der Waals surface area contributed by atoms with Crippen molar-refractivity contribution in [3.05, 3.63) is 57.4 Å². The fourth-order valence-electron chi connectivity index (χ4n) is 2.08. The number of hydrogen-bond donors (Lipinski definition) is 3. The van der Waals surface area contributed by atoms with Gasteiger partial charge in [-0.05, 0) is 36.5 Å². The molecule has 0 aliphatic rings. The van der Waals surface area contributed by atoms with Gasteiger partial charge in [-0.2, -0.15) is 0 Å². The number of aromatic hydroxyl groups is 1. The number of thiophene rings is 1. The highest BCUT2D eigenvalue weighted by molar-refractivity contribution is 7.80. The first kappa shape index (κ1) is 17.0. The van der Waals surface area contributed by atoms with Crippen molar-refractivity contribution in [1.82, 2.24) is 5.32 Å². The molecule has 3 aromatic rings. The minimum Gasteiger partial charge on any atom is -0.506 e. The highest BCUT2D eigenvalue weighted by Crippen LogP contribution is 2.35. The number of hydrogen-bond acceptors (Lipinski definition) is 4. The van der Waals surface area contributed by atoms with Crippen molar-refractivity contribution in [2.45, 2.75) is 0 Å². The molecule has 3 rings (SSSR count). The van der Waals surface area contributed by atoms with E-state index < -0.39 is 5.91 Å². The number of amides is 1. The van der Waals surface area contributed by atoms with Crippen molar-refractivity contribution in [2.75, 3.05) is 5.32 Å². The van der Waals surface area contributed by atoms with E-state index in [-0.39, 0.29) is 10.9 Å². The lowest BCUT2D eigenvalue weighted by atomic mass is 10.2. The Morgan fingerprint density at radius 3 is 2.67 bits per heavy atom. The fourth-order valence-corrected chi connectivity index (χ4v) is 3.87. The molecule has 0 unspecified atom stereocenters. The average Bonchev–Trinajstić information content (AvgIpc) is 2.88. The van der Waals surface area contributed by atoms with Crippen LogP contribution in [0.5, 0.6) is 5.75 Å². The van der Waals surface area contributed by atoms with E-state index in [1.807, 2.05) is 24.3 Å². The lowest BCUT2D eigenvalue weighted by Gasteiger charge is -2.10. The van der Waals surface area contributed by atoms with E-state index in [4.69, 9.17) is 35.4 Å². The maximum atomic E-state index is 12.4. The second kappa shape index (κ2) is 6.94. The Hall–Kier alpha value is -1.86. The fraction of sp³-hybridized carbons (Fsp3) is 0. The molecular weight excluding hydrogens is 387 g/mol. The molecule has 1 aromatic heterocycles. The van der Waals surface area contributed by atoms with Crippen molar-refractivity contribution in [3.8, 4) is 5.75 Å². The summed E-state index contributed by atoms with van der Waals surface area (Å²) >= 11 is 18.5. The van der Waals surface area contributed by atoms with Gasteiger partial charge in [0, 0.05) is 15.1 Å². The first-order chi connectivity index (χ1) is 11.5. The van der Waals surface area contributed by atoms with E-state index in [1.165, 1.54) is 23.5 Å². The van der Waals surface area contributed by atoms with Crippen LogP contribution in [0.15, 0.2) is 42.5 Å². The Kier molecular flexibility index (Phi) is 4.91. The topological polar surface area (TPSA) is 61.4 Å². The summed E-state index contributed by atoms with van der Waals surface area (Å²) in [6.45, 7) is 0. The summed E-state index contributed by atoms with van der Waals surface area (Å²) in [7, 11) is 0. The predicted octanol–water partition coefficient (Wildman–Crippen LogP) is 5.04. The number of benzene rings is 2. The highest BCUT2D eigenvalue weighted by Gasteiger charge is 2.18. The molecular formula is C16H10Cl2N2O2S2. The molecule has 0 aliphatic carbocycles. The Bertz CT molecular complexity index is 956. The molecule has 24 heavy (non-hydrogen) atoms. The lowest BCUT2D eigenvalue weighted by molar-refractivity contribution is 0.0982. The quantitative estimate of drug-likeness (QED) is 0.419. The molecule has 2 aromatic carbocycles. The van der Waals surface area contributed by atoms with E-state index in [1.54, 1.807) is 6.07 Å². The smallest absolute Gasteiger partial charge is 0.269 e. The van der Waals surface area contributed by atoms with Gasteiger partial charge < -0.3 is 10.4 Å². The normalized spacial score (nSPS) is 10.6. The number of halogens is 2. The van der Waals surface area contributed by atoms with Crippen molar-refractivity contribution >= 4 is 73.5 Å². The number of thiocarbonyl (C=S) groups is 1. The number of rotatable bonds is 2. The van der Waals surface area contributed by atoms with Crippen LogP contribution in [-0.2, 0) is 0 Å². The van der Waals surface area contributed by atoms with Gasteiger partial charge in [0.1, 0.15) is 10.6 Å². The molecule has 0 radical (unpaired) electrons. The van der Waals surface area contributed by atoms with Gasteiger partial charge in [-0.15, -0.1) is 11.3 Å². The largest absolute Gasteiger partial charge is 0.506 e. The van der Waals surface area contributed by atoms with Crippen LogP contribution in [0.1, 0.15) is 9.67 Å². The first-order valence-corrected chi connectivity index (χ1v) is 8.71. The number of carbonyl (C=O) groups is 1. The van der Waals surface area contributed by atoms with E-state index >= 15 is 0 Å². The maximum Gasteiger partial charge on any atom is 0.269 e. The van der Waals surface area contributed by atoms with Gasteiger partial charge in [-0.25, -0.2) is 0 Å². The molecule has 3 N–H and O–H groups in total. The molecule has 1 heterocycles. The third kappa shape index (κ3) is 3.47. The Labute approximate surface area is 157 Å². The number of phenolic OH excluding ortho intramolecular Hbond substituents is 1. The van der Waals surface area contributed by atoms with E-state index in [0.717, 1.165) is 10.1 Å². The van der Waals surface area contributed by atoms with E-state index in [2.05, 4.69) is 10.6 Å². The van der Waals surface area contributed by atoms with Gasteiger partial charge in [-0.1, -0.05) is 41.4 Å². The van der Waals surface area contributed by atoms with Crippen LogP contribution in [0.25, 0.3) is 10.1 Å². The summed E-state index contributed by atoms with van der Waals surface area (Å²) in [5.74, 6) is -0.448. The van der Waals surface area contributed by atoms with Gasteiger partial charge >= 0.3 is 0 Å². The van der Waals surface area contributed by atoms with Gasteiger partial charge in [0.15, 0.2) is 5.11 Å². The number of anilines is 1. The van der Waals surface area contributed by atoms with Crippen molar-refractivity contribution in [2.24, 2.45) is 0 Å². The maximum absolute atomic E-state index is 12.4. The molecule has 0 atom stereocenters. The summed E-state index contributed by atoms with van der Waals surface area (Å²) in [6, 6.07) is 12.0. The van der Waals surface area contributed by atoms with Gasteiger partial charge in [0.05, 0.1) is 10.7 Å². The molecule has 0 spiro atoms. The number of phenols is 1. The molecule has 4 nitrogen and oxygen atoms in total. The van der Waals surface area contributed by atoms with Crippen LogP contribution in [0.2, 0.25) is 10.0 Å². The molecule has 1 amide bonds. The van der Waals surface area contributed by atoms with Crippen LogP contribution < -0.4 is 10.6 Å². The summed E-state index contributed by atoms with van der Waals surface area (Å²) in [6.07, 6.45) is 0. The summed E-state index contributed by atoms with van der Waals surface area (Å²) in [5.41, 5.74) is 0.301. The van der Waals surface area contributed by atoms with E-state index in [9.17, 15) is 9.90 Å². The van der Waals surface area contributed by atoms with Gasteiger partial charge in [0.2, 0.25) is 0 Å². The van der Waals surface area contributed by atoms with E-state index in [0.29, 0.717) is 20.6 Å². The zero-order valence-electron chi connectivity index (χ0n) is 12.0. The van der Waals surface area contributed by atoms with Gasteiger partial charge in [-0.3, -0.25) is 10.1 Å². The molecule has 122 valence electrons. The third-order valence-corrected chi connectivity index (χ3v) is 5.29. The second-order valence-corrected chi connectivity index (χ2v) is 7.09. The van der Waals surface area contributed by atoms with Crippen LogP contribution in [0.3, 0.4) is 0 Å². The number of carbonyl (C=O) groups excluding carboxylic acids is 1. The van der Waals surface area contributed by atoms with Crippen LogP contribution in [0, 0.1) is 0 Å². The zero-order chi connectivity index (χ0) is 17.3. The standard InChI is InChI=1S/C16H10Cl2N2O2S2/c17-8-5-6-11(21)10(7-8)19-16(23)20-15(22)14-13(18)9-3-1-2-4-12(9)24-14/h1-7,21H,(H2,19,20,22,23). The monoisotopic (exact) mass is 396 g/mol. The zero-order valence-corrected chi connectivity index (χ0v) is 15.1. The minimum atomic E-state index is -0.416. The SMILES string of the molecule is O=C(NC(=S)Nc1cc(Cl)ccc1O)c1sc2ccccc2c1Cl. The summed E-state index contributed by atoms with van der Waals surface area (Å²) in [5, 5.41) is 16.7. The molecule has 8 heteroatoms. The number of nitrogens with one attached hydrogen (secondary N) is 2. The molecule has 0 bridgehead atoms. The first-order valence-electron chi connectivity index (χ1n) is 6.73. The number of fused-ring (bicyclic) bond motifs is 1. The van der Waals surface area contributed by atoms with Crippen molar-refractivity contribution < 1.29 is 9.90 Å². The Balaban J connectivity index is 1.77. The highest BCUT2D eigenvalue weighted by atomic mass is 35.5. The summed E-state index contributed by atoms with van der Waals surface area (Å²) < 4.78 is 0.916. The average molecular weight is 397 g/mol.